The lowest BCUT2D eigenvalue weighted by molar-refractivity contribution is 0.112. The van der Waals surface area contributed by atoms with Crippen molar-refractivity contribution >= 4 is 29.5 Å². The van der Waals surface area contributed by atoms with E-state index in [1.165, 1.54) is 13.2 Å². The van der Waals surface area contributed by atoms with Gasteiger partial charge in [0.1, 0.15) is 6.29 Å². The minimum absolute atomic E-state index is 0.0749. The van der Waals surface area contributed by atoms with Crippen LogP contribution in [0.3, 0.4) is 0 Å². The summed E-state index contributed by atoms with van der Waals surface area (Å²) >= 11 is 11.6. The highest BCUT2D eigenvalue weighted by atomic mass is 35.5. The number of ether oxygens (including phenoxy) is 2. The normalized spacial score (nSPS) is 10.1. The van der Waals surface area contributed by atoms with E-state index < -0.39 is 0 Å². The Morgan fingerprint density at radius 1 is 1.11 bits per heavy atom. The Morgan fingerprint density at radius 2 is 1.89 bits per heavy atom. The van der Waals surface area contributed by atoms with E-state index in [9.17, 15) is 4.79 Å². The third-order valence-corrected chi connectivity index (χ3v) is 2.68. The summed E-state index contributed by atoms with van der Waals surface area (Å²) in [5.41, 5.74) is 0.473. The van der Waals surface area contributed by atoms with E-state index >= 15 is 0 Å². The molecule has 7 heteroatoms. The van der Waals surface area contributed by atoms with Gasteiger partial charge in [-0.05, 0) is 18.2 Å². The molecule has 0 unspecified atom stereocenters. The summed E-state index contributed by atoms with van der Waals surface area (Å²) in [5, 5.41) is 7.43. The van der Waals surface area contributed by atoms with Gasteiger partial charge in [0.05, 0.1) is 7.11 Å². The molecule has 5 nitrogen and oxygen atoms in total. The van der Waals surface area contributed by atoms with E-state index in [4.69, 9.17) is 32.7 Å². The van der Waals surface area contributed by atoms with Gasteiger partial charge in [-0.1, -0.05) is 23.2 Å². The van der Waals surface area contributed by atoms with E-state index in [0.29, 0.717) is 23.3 Å². The molecule has 0 fully saturated rings. The molecule has 0 radical (unpaired) electrons. The fourth-order valence-electron chi connectivity index (χ4n) is 1.37. The lowest BCUT2D eigenvalue weighted by atomic mass is 10.2. The van der Waals surface area contributed by atoms with Crippen molar-refractivity contribution in [2.75, 3.05) is 7.11 Å². The Labute approximate surface area is 119 Å². The van der Waals surface area contributed by atoms with Gasteiger partial charge in [0, 0.05) is 11.6 Å². The Balaban J connectivity index is 2.37. The second kappa shape index (κ2) is 5.86. The van der Waals surface area contributed by atoms with Crippen LogP contribution in [0.5, 0.6) is 17.2 Å². The third-order valence-electron chi connectivity index (χ3n) is 2.23. The second-order valence-corrected chi connectivity index (χ2v) is 4.20. The summed E-state index contributed by atoms with van der Waals surface area (Å²) < 4.78 is 10.7. The zero-order valence-electron chi connectivity index (χ0n) is 9.76. The molecule has 0 amide bonds. The van der Waals surface area contributed by atoms with Crippen LogP contribution in [-0.4, -0.2) is 23.6 Å². The van der Waals surface area contributed by atoms with E-state index in [0.717, 1.165) is 0 Å². The highest BCUT2D eigenvalue weighted by molar-refractivity contribution is 6.32. The maximum Gasteiger partial charge on any atom is 0.194 e. The van der Waals surface area contributed by atoms with Crippen LogP contribution in [0.2, 0.25) is 10.3 Å². The van der Waals surface area contributed by atoms with Gasteiger partial charge in [-0.2, -0.15) is 0 Å². The van der Waals surface area contributed by atoms with Gasteiger partial charge in [-0.25, -0.2) is 0 Å². The SMILES string of the molecule is COc1cc(C=O)ccc1Oc1cc(Cl)nnc1Cl. The standard InChI is InChI=1S/C12H8Cl2N2O3/c1-18-9-4-7(6-17)2-3-8(9)19-10-5-11(13)15-16-12(10)14/h2-6H,1H3. The molecule has 0 aliphatic heterocycles. The van der Waals surface area contributed by atoms with Gasteiger partial charge in [-0.15, -0.1) is 10.2 Å². The number of carbonyl (C=O) groups excluding carboxylic acids is 1. The average Bonchev–Trinajstić information content (AvgIpc) is 2.43. The van der Waals surface area contributed by atoms with E-state index in [1.807, 2.05) is 0 Å². The minimum Gasteiger partial charge on any atom is -0.493 e. The smallest absolute Gasteiger partial charge is 0.194 e. The number of nitrogens with zero attached hydrogens (tertiary/aromatic N) is 2. The number of hydrogen-bond donors (Lipinski definition) is 0. The van der Waals surface area contributed by atoms with Crippen molar-refractivity contribution < 1.29 is 14.3 Å². The summed E-state index contributed by atoms with van der Waals surface area (Å²) in [6.45, 7) is 0. The molecule has 0 aliphatic rings. The molecule has 0 aliphatic carbocycles. The van der Waals surface area contributed by atoms with Gasteiger partial charge in [0.2, 0.25) is 0 Å². The number of hydrogen-bond acceptors (Lipinski definition) is 5. The van der Waals surface area contributed by atoms with Crippen molar-refractivity contribution in [2.24, 2.45) is 0 Å². The second-order valence-electron chi connectivity index (χ2n) is 3.45. The first-order valence-corrected chi connectivity index (χ1v) is 5.89. The van der Waals surface area contributed by atoms with Crippen LogP contribution < -0.4 is 9.47 Å². The first-order chi connectivity index (χ1) is 9.13. The lowest BCUT2D eigenvalue weighted by Crippen LogP contribution is -1.94. The molecule has 0 saturated carbocycles. The molecule has 0 spiro atoms. The zero-order valence-corrected chi connectivity index (χ0v) is 11.3. The molecule has 1 aromatic carbocycles. The first kappa shape index (κ1) is 13.6. The molecule has 0 N–H and O–H groups in total. The van der Waals surface area contributed by atoms with E-state index in [1.54, 1.807) is 18.2 Å². The summed E-state index contributed by atoms with van der Waals surface area (Å²) in [7, 11) is 1.47. The van der Waals surface area contributed by atoms with Crippen LogP contribution in [0, 0.1) is 0 Å². The molecular formula is C12H8Cl2N2O3. The molecule has 1 aromatic heterocycles. The topological polar surface area (TPSA) is 61.3 Å². The average molecular weight is 299 g/mol. The number of aldehydes is 1. The number of halogens is 2. The van der Waals surface area contributed by atoms with Gasteiger partial charge in [0.25, 0.3) is 0 Å². The summed E-state index contributed by atoms with van der Waals surface area (Å²) in [4.78, 5) is 10.7. The molecule has 98 valence electrons. The van der Waals surface area contributed by atoms with E-state index in [2.05, 4.69) is 10.2 Å². The van der Waals surface area contributed by atoms with Crippen molar-refractivity contribution in [1.29, 1.82) is 0 Å². The van der Waals surface area contributed by atoms with Crippen LogP contribution in [-0.2, 0) is 0 Å². The fraction of sp³-hybridized carbons (Fsp3) is 0.0833. The number of rotatable bonds is 4. The van der Waals surface area contributed by atoms with Gasteiger partial charge >= 0.3 is 0 Å². The summed E-state index contributed by atoms with van der Waals surface area (Å²) in [6.07, 6.45) is 0.712. The van der Waals surface area contributed by atoms with Crippen LogP contribution >= 0.6 is 23.2 Å². The monoisotopic (exact) mass is 298 g/mol. The fourth-order valence-corrected chi connectivity index (χ4v) is 1.64. The maximum absolute atomic E-state index is 10.7. The Bertz CT molecular complexity index is 620. The highest BCUT2D eigenvalue weighted by Crippen LogP contribution is 2.35. The number of aromatic nitrogens is 2. The van der Waals surface area contributed by atoms with Gasteiger partial charge in [-0.3, -0.25) is 4.79 Å². The Hall–Kier alpha value is -1.85. The number of benzene rings is 1. The molecule has 0 bridgehead atoms. The maximum atomic E-state index is 10.7. The number of carbonyl (C=O) groups is 1. The van der Waals surface area contributed by atoms with E-state index in [-0.39, 0.29) is 16.1 Å². The van der Waals surface area contributed by atoms with Gasteiger partial charge in [0.15, 0.2) is 27.6 Å². The molecule has 0 atom stereocenters. The van der Waals surface area contributed by atoms with Crippen LogP contribution in [0.25, 0.3) is 0 Å². The van der Waals surface area contributed by atoms with Crippen LogP contribution in [0.4, 0.5) is 0 Å². The zero-order chi connectivity index (χ0) is 13.8. The van der Waals surface area contributed by atoms with Crippen LogP contribution in [0.15, 0.2) is 24.3 Å². The molecule has 2 aromatic rings. The largest absolute Gasteiger partial charge is 0.493 e. The Kier molecular flexibility index (Phi) is 4.19. The summed E-state index contributed by atoms with van der Waals surface area (Å²) in [5.74, 6) is 1.03. The molecular weight excluding hydrogens is 291 g/mol. The third kappa shape index (κ3) is 3.13. The van der Waals surface area contributed by atoms with Crippen molar-refractivity contribution in [2.45, 2.75) is 0 Å². The predicted molar refractivity (Wildman–Crippen MR) is 70.5 cm³/mol. The highest BCUT2D eigenvalue weighted by Gasteiger charge is 2.11. The minimum atomic E-state index is 0.0749. The quantitative estimate of drug-likeness (QED) is 0.810. The van der Waals surface area contributed by atoms with Crippen molar-refractivity contribution in [1.82, 2.24) is 10.2 Å². The predicted octanol–water partition coefficient (Wildman–Crippen LogP) is 3.40. The Morgan fingerprint density at radius 3 is 2.58 bits per heavy atom. The lowest BCUT2D eigenvalue weighted by Gasteiger charge is -2.11. The molecule has 0 saturated heterocycles. The summed E-state index contributed by atoms with van der Waals surface area (Å²) in [6, 6.07) is 6.17. The van der Waals surface area contributed by atoms with Crippen molar-refractivity contribution in [3.05, 3.63) is 40.1 Å². The van der Waals surface area contributed by atoms with Crippen molar-refractivity contribution in [3.63, 3.8) is 0 Å². The number of methoxy groups -OCH3 is 1. The van der Waals surface area contributed by atoms with Crippen molar-refractivity contribution in [3.8, 4) is 17.2 Å². The first-order valence-electron chi connectivity index (χ1n) is 5.14. The molecule has 1 heterocycles. The van der Waals surface area contributed by atoms with Crippen LogP contribution in [0.1, 0.15) is 10.4 Å². The molecule has 19 heavy (non-hydrogen) atoms. The van der Waals surface area contributed by atoms with Gasteiger partial charge < -0.3 is 9.47 Å². The molecule has 2 rings (SSSR count).